The summed E-state index contributed by atoms with van der Waals surface area (Å²) in [5.74, 6) is -0.729. The van der Waals surface area contributed by atoms with Gasteiger partial charge in [0.25, 0.3) is 5.69 Å². The van der Waals surface area contributed by atoms with Gasteiger partial charge in [0.1, 0.15) is 5.56 Å². The van der Waals surface area contributed by atoms with Crippen molar-refractivity contribution in [3.63, 3.8) is 0 Å². The second kappa shape index (κ2) is 4.73. The van der Waals surface area contributed by atoms with Gasteiger partial charge in [0.05, 0.1) is 17.4 Å². The zero-order valence-electron chi connectivity index (χ0n) is 9.34. The third-order valence-electron chi connectivity index (χ3n) is 2.55. The second-order valence-electron chi connectivity index (χ2n) is 3.55. The SMILES string of the molecule is COC(=O)c1cc(Br)c2ccccc2c1[N+](=O)[O-]. The molecule has 0 aliphatic carbocycles. The van der Waals surface area contributed by atoms with Crippen molar-refractivity contribution in [1.29, 1.82) is 0 Å². The Morgan fingerprint density at radius 2 is 1.94 bits per heavy atom. The Kier molecular flexibility index (Phi) is 3.29. The lowest BCUT2D eigenvalue weighted by Gasteiger charge is -2.06. The summed E-state index contributed by atoms with van der Waals surface area (Å²) in [5.41, 5.74) is -0.297. The second-order valence-corrected chi connectivity index (χ2v) is 4.40. The van der Waals surface area contributed by atoms with Gasteiger partial charge >= 0.3 is 5.97 Å². The quantitative estimate of drug-likeness (QED) is 0.485. The predicted octanol–water partition coefficient (Wildman–Crippen LogP) is 3.30. The molecular weight excluding hydrogens is 302 g/mol. The lowest BCUT2D eigenvalue weighted by atomic mass is 10.0. The highest BCUT2D eigenvalue weighted by molar-refractivity contribution is 9.10. The number of ether oxygens (including phenoxy) is 1. The number of nitrogens with zero attached hydrogens (tertiary/aromatic N) is 1. The molecule has 2 aromatic carbocycles. The summed E-state index contributed by atoms with van der Waals surface area (Å²) in [6.07, 6.45) is 0. The first-order valence-electron chi connectivity index (χ1n) is 5.00. The van der Waals surface area contributed by atoms with E-state index >= 15 is 0 Å². The van der Waals surface area contributed by atoms with Crippen molar-refractivity contribution in [3.05, 3.63) is 50.5 Å². The molecule has 0 spiro atoms. The summed E-state index contributed by atoms with van der Waals surface area (Å²) in [4.78, 5) is 22.2. The largest absolute Gasteiger partial charge is 0.465 e. The fourth-order valence-electron chi connectivity index (χ4n) is 1.78. The maximum absolute atomic E-state index is 11.6. The zero-order chi connectivity index (χ0) is 13.3. The average Bonchev–Trinajstić information content (AvgIpc) is 2.37. The molecule has 0 aliphatic rings. The molecule has 0 N–H and O–H groups in total. The van der Waals surface area contributed by atoms with Gasteiger partial charge < -0.3 is 4.74 Å². The molecule has 2 rings (SSSR count). The molecular formula is C12H8BrNO4. The molecule has 0 aliphatic heterocycles. The molecule has 0 atom stereocenters. The van der Waals surface area contributed by atoms with Crippen molar-refractivity contribution in [1.82, 2.24) is 0 Å². The van der Waals surface area contributed by atoms with Crippen LogP contribution in [0.4, 0.5) is 5.69 Å². The van der Waals surface area contributed by atoms with E-state index in [0.29, 0.717) is 15.2 Å². The first kappa shape index (κ1) is 12.5. The van der Waals surface area contributed by atoms with Gasteiger partial charge in [-0.3, -0.25) is 10.1 Å². The van der Waals surface area contributed by atoms with Crippen LogP contribution in [0.3, 0.4) is 0 Å². The highest BCUT2D eigenvalue weighted by Gasteiger charge is 2.25. The van der Waals surface area contributed by atoms with Crippen LogP contribution in [0.15, 0.2) is 34.8 Å². The Labute approximate surface area is 111 Å². The zero-order valence-corrected chi connectivity index (χ0v) is 10.9. The van der Waals surface area contributed by atoms with Crippen molar-refractivity contribution < 1.29 is 14.5 Å². The maximum atomic E-state index is 11.6. The fourth-order valence-corrected chi connectivity index (χ4v) is 2.35. The molecule has 0 fully saturated rings. The Balaban J connectivity index is 2.91. The molecule has 0 unspecified atom stereocenters. The molecule has 0 aromatic heterocycles. The molecule has 0 bridgehead atoms. The van der Waals surface area contributed by atoms with Crippen molar-refractivity contribution in [2.45, 2.75) is 0 Å². The van der Waals surface area contributed by atoms with Gasteiger partial charge in [-0.2, -0.15) is 0 Å². The number of nitro groups is 1. The lowest BCUT2D eigenvalue weighted by molar-refractivity contribution is -0.383. The number of carbonyl (C=O) groups excluding carboxylic acids is 1. The number of halogens is 1. The van der Waals surface area contributed by atoms with E-state index in [1.54, 1.807) is 24.3 Å². The molecule has 0 saturated heterocycles. The van der Waals surface area contributed by atoms with E-state index in [4.69, 9.17) is 0 Å². The Morgan fingerprint density at radius 3 is 2.50 bits per heavy atom. The molecule has 2 aromatic rings. The van der Waals surface area contributed by atoms with Crippen LogP contribution >= 0.6 is 15.9 Å². The van der Waals surface area contributed by atoms with E-state index in [1.165, 1.54) is 13.2 Å². The summed E-state index contributed by atoms with van der Waals surface area (Å²) < 4.78 is 5.18. The standard InChI is InChI=1S/C12H8BrNO4/c1-18-12(15)9-6-10(13)7-4-2-3-5-8(7)11(9)14(16)17/h2-6H,1H3. The van der Waals surface area contributed by atoms with Crippen molar-refractivity contribution in [2.24, 2.45) is 0 Å². The number of esters is 1. The molecule has 18 heavy (non-hydrogen) atoms. The highest BCUT2D eigenvalue weighted by atomic mass is 79.9. The summed E-state index contributed by atoms with van der Waals surface area (Å²) >= 11 is 3.30. The first-order chi connectivity index (χ1) is 8.56. The number of benzene rings is 2. The van der Waals surface area contributed by atoms with Gasteiger partial charge in [-0.25, -0.2) is 4.79 Å². The van der Waals surface area contributed by atoms with Crippen molar-refractivity contribution >= 4 is 38.4 Å². The number of hydrogen-bond donors (Lipinski definition) is 0. The Morgan fingerprint density at radius 1 is 1.33 bits per heavy atom. The van der Waals surface area contributed by atoms with E-state index in [9.17, 15) is 14.9 Å². The van der Waals surface area contributed by atoms with Crippen LogP contribution in [-0.2, 0) is 4.74 Å². The van der Waals surface area contributed by atoms with Gasteiger partial charge in [-0.05, 0) is 12.1 Å². The van der Waals surface area contributed by atoms with E-state index in [-0.39, 0.29) is 11.3 Å². The number of carbonyl (C=O) groups is 1. The van der Waals surface area contributed by atoms with Crippen LogP contribution in [0.25, 0.3) is 10.8 Å². The smallest absolute Gasteiger partial charge is 0.344 e. The van der Waals surface area contributed by atoms with Gasteiger partial charge in [-0.15, -0.1) is 0 Å². The fraction of sp³-hybridized carbons (Fsp3) is 0.0833. The minimum absolute atomic E-state index is 0.0620. The lowest BCUT2D eigenvalue weighted by Crippen LogP contribution is -2.06. The van der Waals surface area contributed by atoms with Crippen LogP contribution in [0.5, 0.6) is 0 Å². The summed E-state index contributed by atoms with van der Waals surface area (Å²) in [6.45, 7) is 0. The Hall–Kier alpha value is -1.95. The Bertz CT molecular complexity index is 654. The normalized spacial score (nSPS) is 10.3. The molecule has 0 saturated carbocycles. The predicted molar refractivity (Wildman–Crippen MR) is 69.6 cm³/mol. The van der Waals surface area contributed by atoms with Crippen LogP contribution < -0.4 is 0 Å². The monoisotopic (exact) mass is 309 g/mol. The molecule has 0 heterocycles. The number of nitro benzene ring substituents is 1. The third kappa shape index (κ3) is 1.95. The van der Waals surface area contributed by atoms with Gasteiger partial charge in [-0.1, -0.05) is 34.1 Å². The van der Waals surface area contributed by atoms with Gasteiger partial charge in [0, 0.05) is 9.86 Å². The first-order valence-corrected chi connectivity index (χ1v) is 5.79. The van der Waals surface area contributed by atoms with E-state index in [1.807, 2.05) is 0 Å². The van der Waals surface area contributed by atoms with E-state index < -0.39 is 10.9 Å². The average molecular weight is 310 g/mol. The van der Waals surface area contributed by atoms with Crippen molar-refractivity contribution in [2.75, 3.05) is 7.11 Å². The topological polar surface area (TPSA) is 69.4 Å². The van der Waals surface area contributed by atoms with E-state index in [0.717, 1.165) is 0 Å². The number of hydrogen-bond acceptors (Lipinski definition) is 4. The summed E-state index contributed by atoms with van der Waals surface area (Å²) in [7, 11) is 1.19. The van der Waals surface area contributed by atoms with Gasteiger partial charge in [0.15, 0.2) is 0 Å². The minimum Gasteiger partial charge on any atom is -0.465 e. The highest BCUT2D eigenvalue weighted by Crippen LogP contribution is 2.35. The molecule has 0 amide bonds. The van der Waals surface area contributed by atoms with Crippen LogP contribution in [0.1, 0.15) is 10.4 Å². The molecule has 92 valence electrons. The molecule has 0 radical (unpaired) electrons. The number of rotatable bonds is 2. The van der Waals surface area contributed by atoms with Crippen LogP contribution in [0.2, 0.25) is 0 Å². The van der Waals surface area contributed by atoms with E-state index in [2.05, 4.69) is 20.7 Å². The molecule has 6 heteroatoms. The minimum atomic E-state index is -0.729. The summed E-state index contributed by atoms with van der Waals surface area (Å²) in [6, 6.07) is 8.21. The summed E-state index contributed by atoms with van der Waals surface area (Å²) in [5, 5.41) is 12.2. The van der Waals surface area contributed by atoms with Crippen LogP contribution in [-0.4, -0.2) is 18.0 Å². The van der Waals surface area contributed by atoms with Crippen molar-refractivity contribution in [3.8, 4) is 0 Å². The number of fused-ring (bicyclic) bond motifs is 1. The molecule has 5 nitrogen and oxygen atoms in total. The maximum Gasteiger partial charge on any atom is 0.344 e. The van der Waals surface area contributed by atoms with Crippen LogP contribution in [0, 0.1) is 10.1 Å². The van der Waals surface area contributed by atoms with Gasteiger partial charge in [0.2, 0.25) is 0 Å². The third-order valence-corrected chi connectivity index (χ3v) is 3.21. The number of methoxy groups -OCH3 is 1.